The number of benzene rings is 1. The van der Waals surface area contributed by atoms with Crippen LogP contribution in [0.25, 0.3) is 0 Å². The van der Waals surface area contributed by atoms with Crippen LogP contribution in [0.1, 0.15) is 0 Å². The fourth-order valence-electron chi connectivity index (χ4n) is 2.40. The van der Waals surface area contributed by atoms with Crippen molar-refractivity contribution < 1.29 is 17.9 Å². The number of hydrogen-bond acceptors (Lipinski definition) is 5. The number of hydrogen-bond donors (Lipinski definition) is 0. The van der Waals surface area contributed by atoms with Gasteiger partial charge in [0.25, 0.3) is 18.8 Å². The Morgan fingerprint density at radius 2 is 1.67 bits per heavy atom. The number of methoxy groups -OCH3 is 1. The van der Waals surface area contributed by atoms with Gasteiger partial charge in [-0.3, -0.25) is 4.79 Å². The molecule has 6 nitrogen and oxygen atoms in total. The topological polar surface area (TPSA) is 66.9 Å². The molecule has 1 aliphatic heterocycles. The maximum Gasteiger partial charge on any atom is 0.274 e. The van der Waals surface area contributed by atoms with Gasteiger partial charge in [-0.05, 0) is 18.2 Å². The zero-order valence-electron chi connectivity index (χ0n) is 14.0. The Kier molecular flexibility index (Phi) is 9.89. The molecule has 0 unspecified atom stereocenters. The Hall–Kier alpha value is -0.0200. The summed E-state index contributed by atoms with van der Waals surface area (Å²) < 4.78 is 26.3. The first-order chi connectivity index (χ1) is 12.5. The van der Waals surface area contributed by atoms with Crippen LogP contribution in [0.5, 0.6) is 5.75 Å². The Bertz CT molecular complexity index is 748. The maximum atomic E-state index is 12.0. The summed E-state index contributed by atoms with van der Waals surface area (Å²) in [6.45, 7) is 1.50. The molecule has 1 aliphatic rings. The molecular weight excluding hydrogens is 505 g/mol. The minimum atomic E-state index is -3.86. The van der Waals surface area contributed by atoms with Crippen molar-refractivity contribution in [2.75, 3.05) is 43.5 Å². The van der Waals surface area contributed by atoms with E-state index in [0.29, 0.717) is 37.6 Å². The van der Waals surface area contributed by atoms with E-state index < -0.39 is 18.8 Å². The second-order valence-corrected chi connectivity index (χ2v) is 10.8. The number of rotatable bonds is 3. The summed E-state index contributed by atoms with van der Waals surface area (Å²) in [7, 11) is 3.02. The van der Waals surface area contributed by atoms with Gasteiger partial charge in [-0.15, -0.1) is 23.2 Å². The summed E-state index contributed by atoms with van der Waals surface area (Å²) in [5.41, 5.74) is 0.570. The first-order valence-electron chi connectivity index (χ1n) is 7.31. The molecular formula is C14H16Cl6N2O4S. The van der Waals surface area contributed by atoms with Gasteiger partial charge in [0.15, 0.2) is 0 Å². The van der Waals surface area contributed by atoms with Crippen LogP contribution in [-0.2, 0) is 13.8 Å². The van der Waals surface area contributed by atoms with E-state index in [2.05, 4.69) is 0 Å². The van der Waals surface area contributed by atoms with Crippen LogP contribution < -0.4 is 9.64 Å². The van der Waals surface area contributed by atoms with Gasteiger partial charge in [-0.1, -0.05) is 34.8 Å². The Morgan fingerprint density at radius 3 is 2.07 bits per heavy atom. The van der Waals surface area contributed by atoms with E-state index in [1.165, 1.54) is 30.2 Å². The lowest BCUT2D eigenvalue weighted by Gasteiger charge is -2.37. The van der Waals surface area contributed by atoms with E-state index in [9.17, 15) is 13.2 Å². The summed E-state index contributed by atoms with van der Waals surface area (Å²) in [6.07, 6.45) is 0. The lowest BCUT2D eigenvalue weighted by molar-refractivity contribution is -0.130. The molecule has 154 valence electrons. The third kappa shape index (κ3) is 7.38. The van der Waals surface area contributed by atoms with Gasteiger partial charge < -0.3 is 14.5 Å². The number of carbonyl (C=O) groups is 1. The number of nitrogens with zero attached hydrogens (tertiary/aromatic N) is 2. The van der Waals surface area contributed by atoms with Crippen molar-refractivity contribution in [2.45, 2.75) is 8.69 Å². The Morgan fingerprint density at radius 1 is 1.15 bits per heavy atom. The summed E-state index contributed by atoms with van der Waals surface area (Å²) in [5, 5.41) is 0.194. The van der Waals surface area contributed by atoms with Crippen molar-refractivity contribution in [3.8, 4) is 5.75 Å². The quantitative estimate of drug-likeness (QED) is 0.444. The van der Waals surface area contributed by atoms with Crippen molar-refractivity contribution >= 4 is 89.3 Å². The zero-order valence-corrected chi connectivity index (χ0v) is 19.3. The van der Waals surface area contributed by atoms with Gasteiger partial charge in [0.05, 0.1) is 23.0 Å². The number of piperazine rings is 1. The third-order valence-electron chi connectivity index (χ3n) is 3.58. The second kappa shape index (κ2) is 10.7. The zero-order chi connectivity index (χ0) is 20.8. The van der Waals surface area contributed by atoms with Crippen molar-refractivity contribution in [1.29, 1.82) is 0 Å². The van der Waals surface area contributed by atoms with Crippen LogP contribution in [0.2, 0.25) is 0 Å². The van der Waals surface area contributed by atoms with Gasteiger partial charge in [0.1, 0.15) is 5.75 Å². The van der Waals surface area contributed by atoms with E-state index in [0.717, 1.165) is 0 Å². The summed E-state index contributed by atoms with van der Waals surface area (Å²) in [4.78, 5) is 15.3. The smallest absolute Gasteiger partial charge is 0.274 e. The number of ether oxygens (including phenoxy) is 1. The molecule has 0 saturated carbocycles. The van der Waals surface area contributed by atoms with Gasteiger partial charge >= 0.3 is 0 Å². The van der Waals surface area contributed by atoms with Gasteiger partial charge in [0.2, 0.25) is 0 Å². The molecule has 2 rings (SSSR count). The number of halogens is 6. The molecule has 0 bridgehead atoms. The number of carbonyl (C=O) groups excluding carboxylic acids is 1. The first-order valence-corrected chi connectivity index (χ1v) is 11.8. The summed E-state index contributed by atoms with van der Waals surface area (Å²) in [6, 6.07) is 4.34. The first kappa shape index (κ1) is 25.0. The molecule has 13 heteroatoms. The molecule has 0 radical (unpaired) electrons. The fourth-order valence-corrected chi connectivity index (χ4v) is 3.53. The van der Waals surface area contributed by atoms with Crippen LogP contribution in [-0.4, -0.2) is 61.6 Å². The van der Waals surface area contributed by atoms with Crippen LogP contribution in [0, 0.1) is 0 Å². The van der Waals surface area contributed by atoms with Crippen molar-refractivity contribution in [3.05, 3.63) is 18.2 Å². The predicted octanol–water partition coefficient (Wildman–Crippen LogP) is 4.06. The molecule has 0 aliphatic carbocycles. The third-order valence-corrected chi connectivity index (χ3v) is 5.42. The molecule has 1 fully saturated rings. The van der Waals surface area contributed by atoms with Gasteiger partial charge in [0, 0.05) is 36.9 Å². The lowest BCUT2D eigenvalue weighted by atomic mass is 10.2. The molecule has 1 saturated heterocycles. The van der Waals surface area contributed by atoms with E-state index >= 15 is 0 Å². The largest absolute Gasteiger partial charge is 0.495 e. The van der Waals surface area contributed by atoms with Crippen molar-refractivity contribution in [1.82, 2.24) is 4.90 Å². The molecule has 0 aromatic heterocycles. The second-order valence-electron chi connectivity index (χ2n) is 5.15. The van der Waals surface area contributed by atoms with E-state index in [4.69, 9.17) is 73.4 Å². The average molecular weight is 521 g/mol. The Balaban J connectivity index is 0.00000114. The van der Waals surface area contributed by atoms with E-state index in [-0.39, 0.29) is 10.2 Å². The molecule has 27 heavy (non-hydrogen) atoms. The van der Waals surface area contributed by atoms with Gasteiger partial charge in [-0.25, -0.2) is 8.42 Å². The van der Waals surface area contributed by atoms with Crippen LogP contribution in [0.3, 0.4) is 0 Å². The normalized spacial score (nSPS) is 15.1. The van der Waals surface area contributed by atoms with Crippen molar-refractivity contribution in [3.63, 3.8) is 0 Å². The van der Waals surface area contributed by atoms with Crippen LogP contribution in [0.4, 0.5) is 5.69 Å². The highest BCUT2D eigenvalue weighted by atomic mass is 35.7. The maximum absolute atomic E-state index is 12.0. The summed E-state index contributed by atoms with van der Waals surface area (Å²) >= 11 is 26.4. The highest BCUT2D eigenvalue weighted by Gasteiger charge is 2.36. The molecule has 1 aromatic carbocycles. The number of amides is 1. The minimum Gasteiger partial charge on any atom is -0.495 e. The van der Waals surface area contributed by atoms with E-state index in [1.807, 2.05) is 4.90 Å². The van der Waals surface area contributed by atoms with Crippen LogP contribution in [0.15, 0.2) is 23.1 Å². The standard InChI is InChI=1S/C13H14Cl4N2O4S.CH2Cl2/c1-23-11-3-2-9(24(17,21)22)8-10(11)18-4-6-19(7-5-18)12(20)13(14,15)16;2-1-3/h2-3,8H,4-7H2,1H3;1H2. The monoisotopic (exact) mass is 518 g/mol. The summed E-state index contributed by atoms with van der Waals surface area (Å²) in [5.74, 6) is -0.0866. The lowest BCUT2D eigenvalue weighted by Crippen LogP contribution is -2.51. The van der Waals surface area contributed by atoms with E-state index in [1.54, 1.807) is 0 Å². The number of alkyl halides is 5. The molecule has 0 atom stereocenters. The van der Waals surface area contributed by atoms with Crippen LogP contribution >= 0.6 is 68.7 Å². The number of anilines is 1. The molecule has 1 heterocycles. The molecule has 1 aromatic rings. The fraction of sp³-hybridized carbons (Fsp3) is 0.500. The molecule has 0 N–H and O–H groups in total. The SMILES string of the molecule is COc1ccc(S(=O)(=O)Cl)cc1N1CCN(C(=O)C(Cl)(Cl)Cl)CC1.ClCCl. The molecule has 1 amide bonds. The average Bonchev–Trinajstić information content (AvgIpc) is 2.60. The van der Waals surface area contributed by atoms with Crippen molar-refractivity contribution in [2.24, 2.45) is 0 Å². The Labute approximate surface area is 187 Å². The highest BCUT2D eigenvalue weighted by Crippen LogP contribution is 2.34. The minimum absolute atomic E-state index is 0.0280. The van der Waals surface area contributed by atoms with Gasteiger partial charge in [-0.2, -0.15) is 0 Å². The predicted molar refractivity (Wildman–Crippen MR) is 112 cm³/mol. The highest BCUT2D eigenvalue weighted by molar-refractivity contribution is 8.13. The molecule has 0 spiro atoms.